The number of rotatable bonds is 16. The zero-order valence-corrected chi connectivity index (χ0v) is 17.7. The third-order valence-electron chi connectivity index (χ3n) is 4.82. The van der Waals surface area contributed by atoms with Crippen LogP contribution in [0.15, 0.2) is 18.3 Å². The topological polar surface area (TPSA) is 30.0 Å². The maximum absolute atomic E-state index is 12.3. The van der Waals surface area contributed by atoms with Gasteiger partial charge in [0.25, 0.3) is 0 Å². The predicted molar refractivity (Wildman–Crippen MR) is 112 cm³/mol. The van der Waals surface area contributed by atoms with E-state index in [2.05, 4.69) is 27.8 Å². The average molecular weight is 410 g/mol. The summed E-state index contributed by atoms with van der Waals surface area (Å²) in [4.78, 5) is 16.5. The standard InChI is InChI=1S/C22H36BrNO/c1-2-3-4-5-6-7-8-9-10-11-12-13-14-17-22(25)20-16-15-18-24-21(20)19-23/h15-16,18H,2-14,17,19H2,1H3. The van der Waals surface area contributed by atoms with Crippen molar-refractivity contribution in [3.8, 4) is 0 Å². The maximum Gasteiger partial charge on any atom is 0.164 e. The van der Waals surface area contributed by atoms with Gasteiger partial charge < -0.3 is 0 Å². The largest absolute Gasteiger partial charge is 0.294 e. The molecule has 0 saturated carbocycles. The van der Waals surface area contributed by atoms with Crippen LogP contribution in [0.25, 0.3) is 0 Å². The summed E-state index contributed by atoms with van der Waals surface area (Å²) in [5.41, 5.74) is 1.65. The molecule has 0 aliphatic carbocycles. The molecule has 25 heavy (non-hydrogen) atoms. The summed E-state index contributed by atoms with van der Waals surface area (Å²) in [5.74, 6) is 0.241. The number of hydrogen-bond acceptors (Lipinski definition) is 2. The normalized spacial score (nSPS) is 11.0. The van der Waals surface area contributed by atoms with Gasteiger partial charge in [0, 0.05) is 23.5 Å². The van der Waals surface area contributed by atoms with Crippen LogP contribution in [0.1, 0.15) is 113 Å². The maximum atomic E-state index is 12.3. The summed E-state index contributed by atoms with van der Waals surface area (Å²) in [6, 6.07) is 3.75. The molecule has 3 heteroatoms. The molecule has 0 spiro atoms. The molecule has 0 saturated heterocycles. The van der Waals surface area contributed by atoms with E-state index in [1.165, 1.54) is 77.0 Å². The molecule has 0 aromatic carbocycles. The van der Waals surface area contributed by atoms with Crippen LogP contribution in [0.4, 0.5) is 0 Å². The first-order valence-electron chi connectivity index (χ1n) is 10.3. The molecule has 142 valence electrons. The second-order valence-corrected chi connectivity index (χ2v) is 7.61. The summed E-state index contributed by atoms with van der Waals surface area (Å²) >= 11 is 3.41. The molecule has 1 rings (SSSR count). The van der Waals surface area contributed by atoms with E-state index in [0.717, 1.165) is 17.7 Å². The van der Waals surface area contributed by atoms with Gasteiger partial charge in [0.1, 0.15) is 0 Å². The van der Waals surface area contributed by atoms with Crippen LogP contribution >= 0.6 is 15.9 Å². The molecule has 0 aliphatic rings. The van der Waals surface area contributed by atoms with Gasteiger partial charge in [0.05, 0.1) is 5.69 Å². The Bertz CT molecular complexity index is 461. The Hall–Kier alpha value is -0.700. The zero-order valence-electron chi connectivity index (χ0n) is 16.1. The van der Waals surface area contributed by atoms with E-state index < -0.39 is 0 Å². The molecule has 1 aromatic heterocycles. The molecule has 0 aliphatic heterocycles. The average Bonchev–Trinajstić information content (AvgIpc) is 2.65. The van der Waals surface area contributed by atoms with E-state index in [9.17, 15) is 4.79 Å². The fraction of sp³-hybridized carbons (Fsp3) is 0.727. The number of carbonyl (C=O) groups excluding carboxylic acids is 1. The number of hydrogen-bond donors (Lipinski definition) is 0. The van der Waals surface area contributed by atoms with Crippen molar-refractivity contribution in [2.24, 2.45) is 0 Å². The molecule has 1 heterocycles. The first-order chi connectivity index (χ1) is 12.3. The van der Waals surface area contributed by atoms with Crippen molar-refractivity contribution < 1.29 is 4.79 Å². The van der Waals surface area contributed by atoms with Gasteiger partial charge in [-0.05, 0) is 18.6 Å². The van der Waals surface area contributed by atoms with Gasteiger partial charge in [-0.25, -0.2) is 0 Å². The summed E-state index contributed by atoms with van der Waals surface area (Å²) < 4.78 is 0. The molecular formula is C22H36BrNO. The highest BCUT2D eigenvalue weighted by atomic mass is 79.9. The monoisotopic (exact) mass is 409 g/mol. The molecule has 0 amide bonds. The fourth-order valence-electron chi connectivity index (χ4n) is 3.24. The number of ketones is 1. The van der Waals surface area contributed by atoms with Crippen molar-refractivity contribution in [1.82, 2.24) is 4.98 Å². The lowest BCUT2D eigenvalue weighted by Gasteiger charge is -2.05. The van der Waals surface area contributed by atoms with E-state index in [4.69, 9.17) is 0 Å². The Balaban J connectivity index is 1.94. The first-order valence-corrected chi connectivity index (χ1v) is 11.4. The van der Waals surface area contributed by atoms with Crippen molar-refractivity contribution >= 4 is 21.7 Å². The lowest BCUT2D eigenvalue weighted by molar-refractivity contribution is 0.0978. The van der Waals surface area contributed by atoms with Crippen molar-refractivity contribution in [2.75, 3.05) is 0 Å². The summed E-state index contributed by atoms with van der Waals surface area (Å²) in [6.45, 7) is 2.27. The van der Waals surface area contributed by atoms with Crippen LogP contribution in [-0.4, -0.2) is 10.8 Å². The molecule has 0 unspecified atom stereocenters. The van der Waals surface area contributed by atoms with Gasteiger partial charge in [-0.3, -0.25) is 9.78 Å². The minimum absolute atomic E-state index is 0.241. The molecule has 0 radical (unpaired) electrons. The van der Waals surface area contributed by atoms with Crippen LogP contribution in [0.2, 0.25) is 0 Å². The first kappa shape index (κ1) is 22.3. The molecular weight excluding hydrogens is 374 g/mol. The summed E-state index contributed by atoms with van der Waals surface area (Å²) in [6.07, 6.45) is 19.8. The molecule has 0 fully saturated rings. The predicted octanol–water partition coefficient (Wildman–Crippen LogP) is 7.64. The number of halogens is 1. The molecule has 0 N–H and O–H groups in total. The molecule has 2 nitrogen and oxygen atoms in total. The molecule has 0 bridgehead atoms. The van der Waals surface area contributed by atoms with Gasteiger partial charge >= 0.3 is 0 Å². The quantitative estimate of drug-likeness (QED) is 0.159. The summed E-state index contributed by atoms with van der Waals surface area (Å²) in [5, 5.41) is 0.646. The van der Waals surface area contributed by atoms with Crippen molar-refractivity contribution in [1.29, 1.82) is 0 Å². The van der Waals surface area contributed by atoms with Crippen LogP contribution in [0.3, 0.4) is 0 Å². The van der Waals surface area contributed by atoms with Gasteiger partial charge in [-0.2, -0.15) is 0 Å². The SMILES string of the molecule is CCCCCCCCCCCCCCCC(=O)c1cccnc1CBr. The van der Waals surface area contributed by atoms with E-state index in [0.29, 0.717) is 11.8 Å². The van der Waals surface area contributed by atoms with Gasteiger partial charge in [0.2, 0.25) is 0 Å². The number of alkyl halides is 1. The Morgan fingerprint density at radius 2 is 1.40 bits per heavy atom. The Morgan fingerprint density at radius 3 is 1.92 bits per heavy atom. The number of nitrogens with zero attached hydrogens (tertiary/aromatic N) is 1. The van der Waals surface area contributed by atoms with E-state index in [-0.39, 0.29) is 5.78 Å². The lowest BCUT2D eigenvalue weighted by atomic mass is 10.0. The van der Waals surface area contributed by atoms with Crippen molar-refractivity contribution in [3.05, 3.63) is 29.6 Å². The van der Waals surface area contributed by atoms with E-state index in [1.54, 1.807) is 6.20 Å². The van der Waals surface area contributed by atoms with E-state index in [1.807, 2.05) is 12.1 Å². The van der Waals surface area contributed by atoms with Crippen molar-refractivity contribution in [2.45, 2.75) is 102 Å². The number of aromatic nitrogens is 1. The van der Waals surface area contributed by atoms with Crippen LogP contribution in [-0.2, 0) is 5.33 Å². The van der Waals surface area contributed by atoms with Gasteiger partial charge in [0.15, 0.2) is 5.78 Å². The smallest absolute Gasteiger partial charge is 0.164 e. The second-order valence-electron chi connectivity index (χ2n) is 7.05. The lowest BCUT2D eigenvalue weighted by Crippen LogP contribution is -2.04. The minimum atomic E-state index is 0.241. The molecule has 1 aromatic rings. The number of unbranched alkanes of at least 4 members (excludes halogenated alkanes) is 12. The van der Waals surface area contributed by atoms with E-state index >= 15 is 0 Å². The Labute approximate surface area is 163 Å². The van der Waals surface area contributed by atoms with Gasteiger partial charge in [-0.15, -0.1) is 0 Å². The second kappa shape index (κ2) is 15.5. The Morgan fingerprint density at radius 1 is 0.880 bits per heavy atom. The fourth-order valence-corrected chi connectivity index (χ4v) is 3.68. The Kier molecular flexibility index (Phi) is 13.9. The van der Waals surface area contributed by atoms with Crippen molar-refractivity contribution in [3.63, 3.8) is 0 Å². The third-order valence-corrected chi connectivity index (χ3v) is 5.36. The highest BCUT2D eigenvalue weighted by Crippen LogP contribution is 2.16. The minimum Gasteiger partial charge on any atom is -0.294 e. The number of pyridine rings is 1. The van der Waals surface area contributed by atoms with Gasteiger partial charge in [-0.1, -0.05) is 99.9 Å². The third kappa shape index (κ3) is 10.8. The molecule has 0 atom stereocenters. The van der Waals surface area contributed by atoms with Crippen LogP contribution < -0.4 is 0 Å². The highest BCUT2D eigenvalue weighted by molar-refractivity contribution is 9.08. The number of Topliss-reactive ketones (excluding diaryl/α,β-unsaturated/α-hetero) is 1. The number of carbonyl (C=O) groups is 1. The summed E-state index contributed by atoms with van der Waals surface area (Å²) in [7, 11) is 0. The van der Waals surface area contributed by atoms with Crippen LogP contribution in [0.5, 0.6) is 0 Å². The zero-order chi connectivity index (χ0) is 18.2. The van der Waals surface area contributed by atoms with Crippen LogP contribution in [0, 0.1) is 0 Å². The highest BCUT2D eigenvalue weighted by Gasteiger charge is 2.10.